The lowest BCUT2D eigenvalue weighted by molar-refractivity contribution is 0.0460. The molecule has 0 fully saturated rings. The highest BCUT2D eigenvalue weighted by molar-refractivity contribution is 5.65. The maximum atomic E-state index is 13.5. The van der Waals surface area contributed by atoms with Gasteiger partial charge in [0.15, 0.2) is 17.3 Å². The first-order valence-electron chi connectivity index (χ1n) is 7.20. The Balaban J connectivity index is 2.19. The van der Waals surface area contributed by atoms with Crippen LogP contribution in [0.5, 0.6) is 0 Å². The Morgan fingerprint density at radius 1 is 1.12 bits per heavy atom. The molecule has 5 nitrogen and oxygen atoms in total. The van der Waals surface area contributed by atoms with Crippen molar-refractivity contribution in [2.75, 3.05) is 0 Å². The number of nitrogens with two attached hydrogens (primary N) is 1. The van der Waals surface area contributed by atoms with Gasteiger partial charge in [0.05, 0.1) is 5.69 Å². The number of hydrogen-bond acceptors (Lipinski definition) is 4. The van der Waals surface area contributed by atoms with E-state index in [9.17, 15) is 13.6 Å². The zero-order valence-corrected chi connectivity index (χ0v) is 13.3. The van der Waals surface area contributed by atoms with Crippen LogP contribution in [0.2, 0.25) is 0 Å². The van der Waals surface area contributed by atoms with E-state index in [0.717, 1.165) is 17.7 Å². The average Bonchev–Trinajstić information content (AvgIpc) is 2.45. The van der Waals surface area contributed by atoms with E-state index in [-0.39, 0.29) is 0 Å². The molecule has 0 aliphatic carbocycles. The molecule has 1 amide bonds. The number of hydrogen-bond donors (Lipinski definition) is 1. The van der Waals surface area contributed by atoms with Gasteiger partial charge in [0.1, 0.15) is 5.60 Å². The molecule has 0 aliphatic rings. The summed E-state index contributed by atoms with van der Waals surface area (Å²) in [6.07, 6.45) is -0.459. The highest BCUT2D eigenvalue weighted by atomic mass is 19.1. The third kappa shape index (κ3) is 4.84. The molecule has 2 aromatic carbocycles. The number of rotatable bonds is 5. The Kier molecular flexibility index (Phi) is 5.23. The third-order valence-electron chi connectivity index (χ3n) is 3.12. The van der Waals surface area contributed by atoms with Crippen LogP contribution in [0, 0.1) is 11.6 Å². The average molecular weight is 333 g/mol. The normalized spacial score (nSPS) is 11.7. The topological polar surface area (TPSA) is 77.0 Å². The molecule has 0 spiro atoms. The van der Waals surface area contributed by atoms with E-state index in [1.165, 1.54) is 6.07 Å². The third-order valence-corrected chi connectivity index (χ3v) is 3.12. The van der Waals surface area contributed by atoms with Gasteiger partial charge in [-0.3, -0.25) is 0 Å². The van der Waals surface area contributed by atoms with Crippen molar-refractivity contribution < 1.29 is 18.3 Å². The number of carbonyl (C=O) groups is 1. The summed E-state index contributed by atoms with van der Waals surface area (Å²) in [4.78, 5) is 10.9. The van der Waals surface area contributed by atoms with Crippen molar-refractivity contribution in [3.63, 3.8) is 0 Å². The number of ether oxygens (including phenoxy) is 1. The van der Waals surface area contributed by atoms with Gasteiger partial charge in [0, 0.05) is 6.42 Å². The first kappa shape index (κ1) is 17.5. The number of halogens is 2. The number of amides is 1. The minimum atomic E-state index is -0.856. The van der Waals surface area contributed by atoms with Crippen LogP contribution in [0.1, 0.15) is 19.4 Å². The fourth-order valence-corrected chi connectivity index (χ4v) is 2.22. The molecule has 24 heavy (non-hydrogen) atoms. The van der Waals surface area contributed by atoms with E-state index in [4.69, 9.17) is 10.5 Å². The molecule has 0 radical (unpaired) electrons. The van der Waals surface area contributed by atoms with Gasteiger partial charge in [0.2, 0.25) is 0 Å². The van der Waals surface area contributed by atoms with Gasteiger partial charge in [0.25, 0.3) is 0 Å². The molecule has 0 unspecified atom stereocenters. The van der Waals surface area contributed by atoms with Crippen LogP contribution < -0.4 is 5.73 Å². The fourth-order valence-electron chi connectivity index (χ4n) is 2.22. The standard InChI is InChI=1S/C17H17F2N3O2/c1-17(2,24-16(20)23)10-11-5-3-6-12(9-11)21-22-15-13(18)7-4-8-14(15)19/h3-9H,10H2,1-2H3,(H2,20,23)/b22-21+. The SMILES string of the molecule is CC(C)(Cc1cccc(/N=N/c2c(F)cccc2F)c1)OC(N)=O. The molecule has 0 heterocycles. The maximum absolute atomic E-state index is 13.5. The Morgan fingerprint density at radius 2 is 1.75 bits per heavy atom. The minimum absolute atomic E-state index is 0.396. The van der Waals surface area contributed by atoms with Gasteiger partial charge < -0.3 is 10.5 Å². The molecule has 0 atom stereocenters. The number of azo groups is 1. The summed E-state index contributed by atoms with van der Waals surface area (Å²) < 4.78 is 32.1. The van der Waals surface area contributed by atoms with E-state index in [1.54, 1.807) is 32.0 Å². The van der Waals surface area contributed by atoms with Crippen molar-refractivity contribution in [3.8, 4) is 0 Å². The molecule has 7 heteroatoms. The van der Waals surface area contributed by atoms with E-state index >= 15 is 0 Å². The summed E-state index contributed by atoms with van der Waals surface area (Å²) in [6, 6.07) is 10.3. The number of primary amides is 1. The van der Waals surface area contributed by atoms with Crippen molar-refractivity contribution >= 4 is 17.5 Å². The zero-order valence-electron chi connectivity index (χ0n) is 13.3. The molecule has 0 bridgehead atoms. The summed E-state index contributed by atoms with van der Waals surface area (Å²) in [6.45, 7) is 3.45. The molecule has 2 rings (SSSR count). The Labute approximate surface area is 138 Å². The lowest BCUT2D eigenvalue weighted by Gasteiger charge is -2.24. The van der Waals surface area contributed by atoms with E-state index in [0.29, 0.717) is 12.1 Å². The van der Waals surface area contributed by atoms with Crippen LogP contribution >= 0.6 is 0 Å². The van der Waals surface area contributed by atoms with E-state index in [1.807, 2.05) is 6.07 Å². The zero-order chi connectivity index (χ0) is 17.7. The largest absolute Gasteiger partial charge is 0.443 e. The van der Waals surface area contributed by atoms with Crippen molar-refractivity contribution in [2.45, 2.75) is 25.9 Å². The highest BCUT2D eigenvalue weighted by Crippen LogP contribution is 2.26. The Hall–Kier alpha value is -2.83. The molecule has 0 aromatic heterocycles. The second kappa shape index (κ2) is 7.16. The monoisotopic (exact) mass is 333 g/mol. The summed E-state index contributed by atoms with van der Waals surface area (Å²) in [7, 11) is 0. The first-order valence-corrected chi connectivity index (χ1v) is 7.20. The first-order chi connectivity index (χ1) is 11.3. The number of nitrogens with zero attached hydrogens (tertiary/aromatic N) is 2. The van der Waals surface area contributed by atoms with Crippen LogP contribution in [0.3, 0.4) is 0 Å². The number of carbonyl (C=O) groups excluding carboxylic acids is 1. The van der Waals surface area contributed by atoms with Gasteiger partial charge >= 0.3 is 6.09 Å². The van der Waals surface area contributed by atoms with Gasteiger partial charge in [-0.05, 0) is 43.7 Å². The van der Waals surface area contributed by atoms with E-state index < -0.39 is 29.0 Å². The molecule has 0 saturated heterocycles. The van der Waals surface area contributed by atoms with Crippen molar-refractivity contribution in [3.05, 3.63) is 59.7 Å². The summed E-state index contributed by atoms with van der Waals surface area (Å²) in [5.41, 5.74) is 5.03. The summed E-state index contributed by atoms with van der Waals surface area (Å²) in [5, 5.41) is 7.49. The lowest BCUT2D eigenvalue weighted by Crippen LogP contribution is -2.33. The minimum Gasteiger partial charge on any atom is -0.443 e. The predicted molar refractivity (Wildman–Crippen MR) is 85.4 cm³/mol. The number of benzene rings is 2. The summed E-state index contributed by atoms with van der Waals surface area (Å²) in [5.74, 6) is -1.57. The van der Waals surface area contributed by atoms with Crippen molar-refractivity contribution in [2.24, 2.45) is 16.0 Å². The molecule has 0 saturated carbocycles. The smallest absolute Gasteiger partial charge is 0.405 e. The molecule has 2 aromatic rings. The second-order valence-corrected chi connectivity index (χ2v) is 5.80. The molecule has 2 N–H and O–H groups in total. The summed E-state index contributed by atoms with van der Waals surface area (Å²) >= 11 is 0. The second-order valence-electron chi connectivity index (χ2n) is 5.80. The highest BCUT2D eigenvalue weighted by Gasteiger charge is 2.22. The lowest BCUT2D eigenvalue weighted by atomic mass is 9.98. The van der Waals surface area contributed by atoms with Gasteiger partial charge in [-0.25, -0.2) is 13.6 Å². The Morgan fingerprint density at radius 3 is 2.38 bits per heavy atom. The molecule has 0 aliphatic heterocycles. The quantitative estimate of drug-likeness (QED) is 0.798. The molecular formula is C17H17F2N3O2. The van der Waals surface area contributed by atoms with Crippen LogP contribution in [0.25, 0.3) is 0 Å². The van der Waals surface area contributed by atoms with Gasteiger partial charge in [-0.2, -0.15) is 5.11 Å². The molecular weight excluding hydrogens is 316 g/mol. The van der Waals surface area contributed by atoms with Crippen LogP contribution in [-0.2, 0) is 11.2 Å². The van der Waals surface area contributed by atoms with E-state index in [2.05, 4.69) is 10.2 Å². The molecule has 126 valence electrons. The van der Waals surface area contributed by atoms with Gasteiger partial charge in [-0.15, -0.1) is 5.11 Å². The fraction of sp³-hybridized carbons (Fsp3) is 0.235. The Bertz CT molecular complexity index is 756. The van der Waals surface area contributed by atoms with Gasteiger partial charge in [-0.1, -0.05) is 18.2 Å². The van der Waals surface area contributed by atoms with Crippen LogP contribution in [0.4, 0.5) is 25.0 Å². The van der Waals surface area contributed by atoms with Crippen molar-refractivity contribution in [1.82, 2.24) is 0 Å². The van der Waals surface area contributed by atoms with Crippen LogP contribution in [-0.4, -0.2) is 11.7 Å². The predicted octanol–water partition coefficient (Wildman–Crippen LogP) is 4.80. The van der Waals surface area contributed by atoms with Crippen LogP contribution in [0.15, 0.2) is 52.7 Å². The maximum Gasteiger partial charge on any atom is 0.405 e. The van der Waals surface area contributed by atoms with Crippen molar-refractivity contribution in [1.29, 1.82) is 0 Å².